The van der Waals surface area contributed by atoms with E-state index in [9.17, 15) is 8.78 Å². The first-order valence-corrected chi connectivity index (χ1v) is 6.02. The Hall–Kier alpha value is -1.91. The highest BCUT2D eigenvalue weighted by molar-refractivity contribution is 5.69. The Morgan fingerprint density at radius 1 is 1.17 bits per heavy atom. The Kier molecular flexibility index (Phi) is 2.74. The number of fused-ring (bicyclic) bond motifs is 1. The van der Waals surface area contributed by atoms with Gasteiger partial charge in [-0.25, -0.2) is 8.78 Å². The van der Waals surface area contributed by atoms with Gasteiger partial charge in [0, 0.05) is 23.7 Å². The summed E-state index contributed by atoms with van der Waals surface area (Å²) in [5.41, 5.74) is 2.00. The molecule has 1 aromatic heterocycles. The molecule has 5 heteroatoms. The molecule has 3 rings (SSSR count). The van der Waals surface area contributed by atoms with Crippen molar-refractivity contribution >= 4 is 5.82 Å². The predicted octanol–water partition coefficient (Wildman–Crippen LogP) is 3.10. The van der Waals surface area contributed by atoms with Crippen molar-refractivity contribution in [1.29, 1.82) is 0 Å². The summed E-state index contributed by atoms with van der Waals surface area (Å²) in [7, 11) is 0. The average molecular weight is 249 g/mol. The van der Waals surface area contributed by atoms with Crippen molar-refractivity contribution < 1.29 is 8.78 Å². The van der Waals surface area contributed by atoms with Gasteiger partial charge >= 0.3 is 0 Å². The summed E-state index contributed by atoms with van der Waals surface area (Å²) in [6.45, 7) is 0.878. The van der Waals surface area contributed by atoms with Gasteiger partial charge in [0.05, 0.1) is 5.69 Å². The van der Waals surface area contributed by atoms with Gasteiger partial charge in [0.2, 0.25) is 0 Å². The van der Waals surface area contributed by atoms with Gasteiger partial charge in [0.15, 0.2) is 5.82 Å². The molecule has 2 aromatic rings. The smallest absolute Gasteiger partial charge is 0.151 e. The third kappa shape index (κ3) is 1.85. The van der Waals surface area contributed by atoms with Crippen LogP contribution in [0.4, 0.5) is 14.6 Å². The Morgan fingerprint density at radius 3 is 2.89 bits per heavy atom. The van der Waals surface area contributed by atoms with E-state index in [0.29, 0.717) is 11.3 Å². The molecule has 1 aromatic carbocycles. The highest BCUT2D eigenvalue weighted by Gasteiger charge is 2.18. The molecule has 2 N–H and O–H groups in total. The number of rotatable bonds is 1. The minimum atomic E-state index is -0.569. The van der Waals surface area contributed by atoms with Crippen molar-refractivity contribution in [3.05, 3.63) is 35.4 Å². The number of benzene rings is 1. The summed E-state index contributed by atoms with van der Waals surface area (Å²) in [5.74, 6) is -0.350. The van der Waals surface area contributed by atoms with Gasteiger partial charge in [0.1, 0.15) is 11.6 Å². The standard InChI is InChI=1S/C13H13F2N3/c14-8-4-5-9(11(15)7-8)12-10-3-1-2-6-16-13(10)18-17-12/h4-5,7H,1-3,6H2,(H2,16,17,18). The molecular formula is C13H13F2N3. The van der Waals surface area contributed by atoms with Crippen LogP contribution in [0, 0.1) is 11.6 Å². The van der Waals surface area contributed by atoms with Gasteiger partial charge in [-0.2, -0.15) is 5.10 Å². The Labute approximate surface area is 103 Å². The van der Waals surface area contributed by atoms with E-state index in [-0.39, 0.29) is 0 Å². The molecule has 0 saturated carbocycles. The van der Waals surface area contributed by atoms with E-state index >= 15 is 0 Å². The number of nitrogens with zero attached hydrogens (tertiary/aromatic N) is 1. The van der Waals surface area contributed by atoms with E-state index in [1.165, 1.54) is 12.1 Å². The van der Waals surface area contributed by atoms with Crippen LogP contribution in [0.1, 0.15) is 18.4 Å². The minimum Gasteiger partial charge on any atom is -0.368 e. The molecule has 0 unspecified atom stereocenters. The molecular weight excluding hydrogens is 236 g/mol. The molecule has 0 atom stereocenters. The van der Waals surface area contributed by atoms with E-state index in [2.05, 4.69) is 15.5 Å². The Balaban J connectivity index is 2.09. The molecule has 1 aliphatic heterocycles. The quantitative estimate of drug-likeness (QED) is 0.815. The van der Waals surface area contributed by atoms with Crippen LogP contribution in [0.2, 0.25) is 0 Å². The van der Waals surface area contributed by atoms with E-state index in [1.54, 1.807) is 0 Å². The molecule has 0 spiro atoms. The van der Waals surface area contributed by atoms with Gasteiger partial charge in [-0.05, 0) is 31.4 Å². The van der Waals surface area contributed by atoms with Crippen LogP contribution < -0.4 is 5.32 Å². The number of hydrogen-bond acceptors (Lipinski definition) is 2. The van der Waals surface area contributed by atoms with Crippen LogP contribution in [0.15, 0.2) is 18.2 Å². The molecule has 0 fully saturated rings. The van der Waals surface area contributed by atoms with Gasteiger partial charge in [-0.1, -0.05) is 0 Å². The van der Waals surface area contributed by atoms with Crippen molar-refractivity contribution in [3.8, 4) is 11.3 Å². The summed E-state index contributed by atoms with van der Waals surface area (Å²) >= 11 is 0. The summed E-state index contributed by atoms with van der Waals surface area (Å²) in [6.07, 6.45) is 2.96. The highest BCUT2D eigenvalue weighted by atomic mass is 19.1. The lowest BCUT2D eigenvalue weighted by Crippen LogP contribution is -1.99. The molecule has 0 bridgehead atoms. The van der Waals surface area contributed by atoms with E-state index < -0.39 is 11.6 Å². The summed E-state index contributed by atoms with van der Waals surface area (Å²) < 4.78 is 26.7. The number of nitrogens with one attached hydrogen (secondary N) is 2. The average Bonchev–Trinajstić information content (AvgIpc) is 2.59. The number of anilines is 1. The van der Waals surface area contributed by atoms with E-state index in [4.69, 9.17) is 0 Å². The fourth-order valence-electron chi connectivity index (χ4n) is 2.30. The lowest BCUT2D eigenvalue weighted by Gasteiger charge is -2.04. The normalized spacial score (nSPS) is 14.8. The first-order valence-electron chi connectivity index (χ1n) is 6.02. The van der Waals surface area contributed by atoms with Crippen LogP contribution in [-0.2, 0) is 6.42 Å². The zero-order chi connectivity index (χ0) is 12.5. The van der Waals surface area contributed by atoms with Crippen molar-refractivity contribution in [3.63, 3.8) is 0 Å². The predicted molar refractivity (Wildman–Crippen MR) is 65.4 cm³/mol. The summed E-state index contributed by atoms with van der Waals surface area (Å²) in [4.78, 5) is 0. The third-order valence-corrected chi connectivity index (χ3v) is 3.21. The Morgan fingerprint density at radius 2 is 2.06 bits per heavy atom. The molecule has 18 heavy (non-hydrogen) atoms. The molecule has 0 saturated heterocycles. The second kappa shape index (κ2) is 4.40. The highest BCUT2D eigenvalue weighted by Crippen LogP contribution is 2.31. The largest absolute Gasteiger partial charge is 0.368 e. The van der Waals surface area contributed by atoms with Gasteiger partial charge in [-0.3, -0.25) is 5.10 Å². The molecule has 3 nitrogen and oxygen atoms in total. The third-order valence-electron chi connectivity index (χ3n) is 3.21. The van der Waals surface area contributed by atoms with Crippen molar-refractivity contribution in [2.24, 2.45) is 0 Å². The van der Waals surface area contributed by atoms with E-state index in [1.807, 2.05) is 0 Å². The van der Waals surface area contributed by atoms with Crippen molar-refractivity contribution in [1.82, 2.24) is 10.2 Å². The lowest BCUT2D eigenvalue weighted by atomic mass is 10.0. The van der Waals surface area contributed by atoms with Crippen LogP contribution >= 0.6 is 0 Å². The fourth-order valence-corrected chi connectivity index (χ4v) is 2.30. The maximum Gasteiger partial charge on any atom is 0.151 e. The first kappa shape index (κ1) is 11.2. The van der Waals surface area contributed by atoms with Crippen molar-refractivity contribution in [2.45, 2.75) is 19.3 Å². The van der Waals surface area contributed by atoms with Gasteiger partial charge < -0.3 is 5.32 Å². The number of hydrogen-bond donors (Lipinski definition) is 2. The zero-order valence-corrected chi connectivity index (χ0v) is 9.76. The second-order valence-electron chi connectivity index (χ2n) is 4.43. The summed E-state index contributed by atoms with van der Waals surface area (Å²) in [6, 6.07) is 3.60. The maximum absolute atomic E-state index is 13.8. The van der Waals surface area contributed by atoms with Gasteiger partial charge in [0.25, 0.3) is 0 Å². The van der Waals surface area contributed by atoms with Crippen LogP contribution in [0.25, 0.3) is 11.3 Å². The van der Waals surface area contributed by atoms with Crippen LogP contribution in [-0.4, -0.2) is 16.7 Å². The molecule has 0 amide bonds. The number of H-pyrrole nitrogens is 1. The molecule has 0 radical (unpaired) electrons. The second-order valence-corrected chi connectivity index (χ2v) is 4.43. The minimum absolute atomic E-state index is 0.369. The van der Waals surface area contributed by atoms with E-state index in [0.717, 1.165) is 43.3 Å². The molecule has 94 valence electrons. The summed E-state index contributed by atoms with van der Waals surface area (Å²) in [5, 5.41) is 10.2. The molecule has 2 heterocycles. The van der Waals surface area contributed by atoms with Crippen molar-refractivity contribution in [2.75, 3.05) is 11.9 Å². The first-order chi connectivity index (χ1) is 8.75. The zero-order valence-electron chi connectivity index (χ0n) is 9.76. The maximum atomic E-state index is 13.8. The SMILES string of the molecule is Fc1ccc(-c2[nH]nc3c2CCCCN3)c(F)c1. The van der Waals surface area contributed by atoms with Gasteiger partial charge in [-0.15, -0.1) is 0 Å². The monoisotopic (exact) mass is 249 g/mol. The van der Waals surface area contributed by atoms with Crippen LogP contribution in [0.3, 0.4) is 0 Å². The number of aromatic nitrogens is 2. The fraction of sp³-hybridized carbons (Fsp3) is 0.308. The number of aromatic amines is 1. The molecule has 1 aliphatic rings. The number of halogens is 2. The topological polar surface area (TPSA) is 40.7 Å². The lowest BCUT2D eigenvalue weighted by molar-refractivity contribution is 0.585. The molecule has 0 aliphatic carbocycles. The van der Waals surface area contributed by atoms with Crippen LogP contribution in [0.5, 0.6) is 0 Å². The Bertz CT molecular complexity index is 578.